The van der Waals surface area contributed by atoms with Crippen LogP contribution in [0.1, 0.15) is 12.8 Å². The molecule has 0 radical (unpaired) electrons. The Balaban J connectivity index is 1.95. The lowest BCUT2D eigenvalue weighted by Gasteiger charge is -2.24. The van der Waals surface area contributed by atoms with Crippen molar-refractivity contribution in [3.63, 3.8) is 0 Å². The summed E-state index contributed by atoms with van der Waals surface area (Å²) in [6, 6.07) is -0.715. The summed E-state index contributed by atoms with van der Waals surface area (Å²) < 4.78 is 0. The molecule has 2 fully saturated rings. The number of thioether (sulfide) groups is 1. The molecule has 2 rings (SSSR count). The summed E-state index contributed by atoms with van der Waals surface area (Å²) >= 11 is 1.20. The molecule has 2 saturated heterocycles. The Morgan fingerprint density at radius 1 is 1.41 bits per heavy atom. The van der Waals surface area contributed by atoms with Crippen LogP contribution in [0, 0.1) is 0 Å². The second-order valence-electron chi connectivity index (χ2n) is 4.12. The number of carboxylic acid groups (broad SMARTS) is 1. The SMILES string of the molecule is O=C(O)[C@H]1CCCN1C(=O)CN1CCSC1=O. The van der Waals surface area contributed by atoms with E-state index in [9.17, 15) is 14.4 Å². The van der Waals surface area contributed by atoms with E-state index in [2.05, 4.69) is 0 Å². The molecule has 6 nitrogen and oxygen atoms in total. The van der Waals surface area contributed by atoms with Gasteiger partial charge in [0.15, 0.2) is 0 Å². The molecule has 0 aromatic heterocycles. The fraction of sp³-hybridized carbons (Fsp3) is 0.700. The van der Waals surface area contributed by atoms with E-state index in [1.165, 1.54) is 21.6 Å². The number of amides is 2. The highest BCUT2D eigenvalue weighted by atomic mass is 32.2. The zero-order chi connectivity index (χ0) is 12.4. The van der Waals surface area contributed by atoms with E-state index in [1.54, 1.807) is 0 Å². The Morgan fingerprint density at radius 3 is 2.76 bits per heavy atom. The number of rotatable bonds is 3. The van der Waals surface area contributed by atoms with Crippen molar-refractivity contribution < 1.29 is 19.5 Å². The first-order chi connectivity index (χ1) is 8.09. The van der Waals surface area contributed by atoms with Gasteiger partial charge in [0.25, 0.3) is 5.24 Å². The summed E-state index contributed by atoms with van der Waals surface area (Å²) in [7, 11) is 0. The number of aliphatic carboxylic acids is 1. The van der Waals surface area contributed by atoms with Gasteiger partial charge >= 0.3 is 5.97 Å². The fourth-order valence-corrected chi connectivity index (χ4v) is 2.97. The van der Waals surface area contributed by atoms with E-state index < -0.39 is 12.0 Å². The molecule has 0 aliphatic carbocycles. The molecule has 0 aromatic rings. The van der Waals surface area contributed by atoms with Crippen molar-refractivity contribution in [3.8, 4) is 0 Å². The third kappa shape index (κ3) is 2.54. The predicted octanol–water partition coefficient (Wildman–Crippen LogP) is 0.231. The zero-order valence-electron chi connectivity index (χ0n) is 9.29. The maximum atomic E-state index is 11.9. The minimum atomic E-state index is -0.960. The Labute approximate surface area is 103 Å². The van der Waals surface area contributed by atoms with Crippen LogP contribution in [0.15, 0.2) is 0 Å². The van der Waals surface area contributed by atoms with Crippen molar-refractivity contribution in [2.24, 2.45) is 0 Å². The van der Waals surface area contributed by atoms with Gasteiger partial charge in [-0.3, -0.25) is 9.59 Å². The van der Waals surface area contributed by atoms with Gasteiger partial charge in [0.2, 0.25) is 5.91 Å². The van der Waals surface area contributed by atoms with Gasteiger partial charge in [-0.1, -0.05) is 11.8 Å². The van der Waals surface area contributed by atoms with Gasteiger partial charge in [-0.05, 0) is 12.8 Å². The third-order valence-corrected chi connectivity index (χ3v) is 3.92. The first kappa shape index (κ1) is 12.2. The van der Waals surface area contributed by atoms with Crippen LogP contribution in [0.25, 0.3) is 0 Å². The largest absolute Gasteiger partial charge is 0.480 e. The van der Waals surface area contributed by atoms with Crippen LogP contribution in [-0.2, 0) is 9.59 Å². The summed E-state index contributed by atoms with van der Waals surface area (Å²) in [4.78, 5) is 37.1. The van der Waals surface area contributed by atoms with Gasteiger partial charge in [0.05, 0.1) is 0 Å². The van der Waals surface area contributed by atoms with Crippen molar-refractivity contribution in [3.05, 3.63) is 0 Å². The molecule has 1 N–H and O–H groups in total. The lowest BCUT2D eigenvalue weighted by molar-refractivity contribution is -0.148. The summed E-state index contributed by atoms with van der Waals surface area (Å²) in [5.41, 5.74) is 0. The van der Waals surface area contributed by atoms with Gasteiger partial charge in [-0.15, -0.1) is 0 Å². The highest BCUT2D eigenvalue weighted by Crippen LogP contribution is 2.20. The average Bonchev–Trinajstić information content (AvgIpc) is 2.87. The molecule has 7 heteroatoms. The Kier molecular flexibility index (Phi) is 3.56. The van der Waals surface area contributed by atoms with Gasteiger partial charge in [-0.2, -0.15) is 0 Å². The molecule has 2 heterocycles. The van der Waals surface area contributed by atoms with E-state index >= 15 is 0 Å². The van der Waals surface area contributed by atoms with Gasteiger partial charge < -0.3 is 14.9 Å². The van der Waals surface area contributed by atoms with E-state index in [0.29, 0.717) is 31.7 Å². The maximum absolute atomic E-state index is 11.9. The second-order valence-corrected chi connectivity index (χ2v) is 5.17. The van der Waals surface area contributed by atoms with Crippen molar-refractivity contribution in [1.29, 1.82) is 0 Å². The van der Waals surface area contributed by atoms with Crippen molar-refractivity contribution >= 4 is 28.9 Å². The average molecular weight is 258 g/mol. The Morgan fingerprint density at radius 2 is 2.18 bits per heavy atom. The molecule has 0 unspecified atom stereocenters. The summed E-state index contributed by atoms with van der Waals surface area (Å²) in [5.74, 6) is -0.516. The van der Waals surface area contributed by atoms with E-state index in [1.807, 2.05) is 0 Å². The molecule has 0 spiro atoms. The van der Waals surface area contributed by atoms with Gasteiger partial charge in [0, 0.05) is 18.8 Å². The first-order valence-corrected chi connectivity index (χ1v) is 6.52. The van der Waals surface area contributed by atoms with Crippen LogP contribution in [0.3, 0.4) is 0 Å². The monoisotopic (exact) mass is 258 g/mol. The van der Waals surface area contributed by atoms with Gasteiger partial charge in [-0.25, -0.2) is 4.79 Å². The molecule has 1 atom stereocenters. The molecule has 0 bridgehead atoms. The number of likely N-dealkylation sites (tertiary alicyclic amines) is 1. The van der Waals surface area contributed by atoms with E-state index in [-0.39, 0.29) is 17.7 Å². The highest BCUT2D eigenvalue weighted by Gasteiger charge is 2.35. The standard InChI is InChI=1S/C10H14N2O4S/c13-8(6-11-4-5-17-10(11)16)12-3-1-2-7(12)9(14)15/h7H,1-6H2,(H,14,15)/t7-/m1/s1. The number of carbonyl (C=O) groups excluding carboxylic acids is 2. The summed E-state index contributed by atoms with van der Waals surface area (Å²) in [5, 5.41) is 8.87. The molecular formula is C10H14N2O4S. The minimum Gasteiger partial charge on any atom is -0.480 e. The summed E-state index contributed by atoms with van der Waals surface area (Å²) in [6.07, 6.45) is 1.22. The van der Waals surface area contributed by atoms with Crippen LogP contribution < -0.4 is 0 Å². The van der Waals surface area contributed by atoms with Crippen molar-refractivity contribution in [1.82, 2.24) is 9.80 Å². The number of hydrogen-bond donors (Lipinski definition) is 1. The number of carboxylic acids is 1. The molecule has 94 valence electrons. The number of hydrogen-bond acceptors (Lipinski definition) is 4. The fourth-order valence-electron chi connectivity index (χ4n) is 2.15. The lowest BCUT2D eigenvalue weighted by atomic mass is 10.2. The lowest BCUT2D eigenvalue weighted by Crippen LogP contribution is -2.45. The zero-order valence-corrected chi connectivity index (χ0v) is 10.1. The van der Waals surface area contributed by atoms with Gasteiger partial charge in [0.1, 0.15) is 12.6 Å². The topological polar surface area (TPSA) is 77.9 Å². The smallest absolute Gasteiger partial charge is 0.326 e. The quantitative estimate of drug-likeness (QED) is 0.784. The Bertz CT molecular complexity index is 360. The molecule has 2 aliphatic heterocycles. The first-order valence-electron chi connectivity index (χ1n) is 5.53. The Hall–Kier alpha value is -1.24. The van der Waals surface area contributed by atoms with Crippen LogP contribution in [0.4, 0.5) is 4.79 Å². The normalized spacial score (nSPS) is 24.5. The molecule has 2 aliphatic rings. The predicted molar refractivity (Wildman–Crippen MR) is 61.8 cm³/mol. The molecule has 0 saturated carbocycles. The molecule has 17 heavy (non-hydrogen) atoms. The number of nitrogens with zero attached hydrogens (tertiary/aromatic N) is 2. The van der Waals surface area contributed by atoms with Crippen LogP contribution >= 0.6 is 11.8 Å². The maximum Gasteiger partial charge on any atom is 0.326 e. The van der Waals surface area contributed by atoms with Crippen molar-refractivity contribution in [2.75, 3.05) is 25.4 Å². The molecular weight excluding hydrogens is 244 g/mol. The number of carbonyl (C=O) groups is 3. The minimum absolute atomic E-state index is 0.00954. The molecule has 0 aromatic carbocycles. The molecule has 2 amide bonds. The van der Waals surface area contributed by atoms with Crippen molar-refractivity contribution in [2.45, 2.75) is 18.9 Å². The highest BCUT2D eigenvalue weighted by molar-refractivity contribution is 8.13. The second kappa shape index (κ2) is 4.95. The summed E-state index contributed by atoms with van der Waals surface area (Å²) in [6.45, 7) is 1.06. The van der Waals surface area contributed by atoms with Crippen LogP contribution in [0.2, 0.25) is 0 Å². The van der Waals surface area contributed by atoms with E-state index in [0.717, 1.165) is 0 Å². The van der Waals surface area contributed by atoms with E-state index in [4.69, 9.17) is 5.11 Å². The van der Waals surface area contributed by atoms with Crippen LogP contribution in [0.5, 0.6) is 0 Å². The third-order valence-electron chi connectivity index (χ3n) is 3.03. The van der Waals surface area contributed by atoms with Crippen LogP contribution in [-0.4, -0.2) is 63.5 Å².